The number of benzene rings is 2. The zero-order valence-corrected chi connectivity index (χ0v) is 19.3. The first-order valence-electron chi connectivity index (χ1n) is 10.6. The number of amides is 1. The van der Waals surface area contributed by atoms with Crippen molar-refractivity contribution in [3.63, 3.8) is 0 Å². The third kappa shape index (κ3) is 4.21. The van der Waals surface area contributed by atoms with E-state index in [1.165, 1.54) is 18.1 Å². The van der Waals surface area contributed by atoms with Gasteiger partial charge in [0, 0.05) is 34.8 Å². The Kier molecular flexibility index (Phi) is 6.44. The molecule has 0 spiro atoms. The number of para-hydroxylation sites is 1. The van der Waals surface area contributed by atoms with E-state index < -0.39 is 17.7 Å². The van der Waals surface area contributed by atoms with Crippen molar-refractivity contribution in [2.45, 2.75) is 26.0 Å². The molecular formula is C25H25ClN2O5. The van der Waals surface area contributed by atoms with E-state index in [0.717, 1.165) is 16.5 Å². The number of H-pyrrole nitrogens is 1. The van der Waals surface area contributed by atoms with Crippen molar-refractivity contribution in [1.29, 1.82) is 0 Å². The van der Waals surface area contributed by atoms with Gasteiger partial charge in [-0.15, -0.1) is 0 Å². The van der Waals surface area contributed by atoms with E-state index in [4.69, 9.17) is 21.1 Å². The maximum atomic E-state index is 13.2. The minimum Gasteiger partial charge on any atom is -0.507 e. The number of carbonyl (C=O) groups is 2. The second-order valence-electron chi connectivity index (χ2n) is 8.05. The van der Waals surface area contributed by atoms with Crippen molar-refractivity contribution in [1.82, 2.24) is 9.88 Å². The summed E-state index contributed by atoms with van der Waals surface area (Å²) in [4.78, 5) is 30.9. The maximum absolute atomic E-state index is 13.2. The molecule has 2 heterocycles. The number of aliphatic hydroxyl groups excluding tert-OH is 1. The van der Waals surface area contributed by atoms with Crippen LogP contribution in [0.5, 0.6) is 5.75 Å². The van der Waals surface area contributed by atoms with Crippen LogP contribution in [0.2, 0.25) is 5.02 Å². The van der Waals surface area contributed by atoms with Crippen molar-refractivity contribution in [3.8, 4) is 5.75 Å². The molecule has 7 nitrogen and oxygen atoms in total. The molecule has 0 radical (unpaired) electrons. The van der Waals surface area contributed by atoms with Gasteiger partial charge in [0.2, 0.25) is 0 Å². The molecule has 3 aromatic rings. The Morgan fingerprint density at radius 2 is 1.97 bits per heavy atom. The van der Waals surface area contributed by atoms with Crippen molar-refractivity contribution >= 4 is 40.0 Å². The molecule has 4 rings (SSSR count). The van der Waals surface area contributed by atoms with Gasteiger partial charge in [-0.1, -0.05) is 29.8 Å². The Morgan fingerprint density at radius 1 is 1.21 bits per heavy atom. The fourth-order valence-corrected chi connectivity index (χ4v) is 4.37. The van der Waals surface area contributed by atoms with Crippen LogP contribution in [0.4, 0.5) is 0 Å². The lowest BCUT2D eigenvalue weighted by molar-refractivity contribution is -0.140. The minimum atomic E-state index is -0.780. The van der Waals surface area contributed by atoms with Crippen molar-refractivity contribution in [3.05, 3.63) is 70.4 Å². The van der Waals surface area contributed by atoms with Gasteiger partial charge >= 0.3 is 0 Å². The number of aliphatic hydroxyl groups is 1. The standard InChI is InChI=1S/C25H25ClN2O5/c1-14(2)33-11-10-28-22(17-13-27-19-7-5-4-6-16(17)19)21(24(30)25(28)31)23(29)15-8-9-20(32-3)18(26)12-15/h4-9,12-14,22,27,29H,10-11H2,1-3H3/b23-21+. The summed E-state index contributed by atoms with van der Waals surface area (Å²) in [6.07, 6.45) is 1.75. The average Bonchev–Trinajstić information content (AvgIpc) is 3.32. The van der Waals surface area contributed by atoms with Crippen molar-refractivity contribution in [2.24, 2.45) is 0 Å². The molecule has 172 valence electrons. The zero-order valence-electron chi connectivity index (χ0n) is 18.6. The summed E-state index contributed by atoms with van der Waals surface area (Å²) in [6.45, 7) is 4.27. The number of ketones is 1. The number of halogens is 1. The van der Waals surface area contributed by atoms with Gasteiger partial charge < -0.3 is 24.5 Å². The average molecular weight is 469 g/mol. The predicted molar refractivity (Wildman–Crippen MR) is 126 cm³/mol. The van der Waals surface area contributed by atoms with Crippen molar-refractivity contribution < 1.29 is 24.2 Å². The monoisotopic (exact) mass is 468 g/mol. The topological polar surface area (TPSA) is 91.9 Å². The van der Waals surface area contributed by atoms with Gasteiger partial charge in [-0.2, -0.15) is 0 Å². The highest BCUT2D eigenvalue weighted by atomic mass is 35.5. The normalized spacial score (nSPS) is 18.0. The summed E-state index contributed by atoms with van der Waals surface area (Å²) in [5, 5.41) is 12.3. The highest BCUT2D eigenvalue weighted by Crippen LogP contribution is 2.42. The zero-order chi connectivity index (χ0) is 23.7. The molecule has 1 aromatic heterocycles. The smallest absolute Gasteiger partial charge is 0.295 e. The van der Waals surface area contributed by atoms with E-state index in [1.54, 1.807) is 18.3 Å². The molecule has 33 heavy (non-hydrogen) atoms. The summed E-state index contributed by atoms with van der Waals surface area (Å²) in [5.74, 6) is -1.29. The summed E-state index contributed by atoms with van der Waals surface area (Å²) in [7, 11) is 1.49. The van der Waals surface area contributed by atoms with E-state index >= 15 is 0 Å². The van der Waals surface area contributed by atoms with Crippen LogP contribution in [-0.2, 0) is 14.3 Å². The number of fused-ring (bicyclic) bond motifs is 1. The van der Waals surface area contributed by atoms with Crippen LogP contribution in [0.1, 0.15) is 31.0 Å². The number of carbonyl (C=O) groups excluding carboxylic acids is 2. The largest absolute Gasteiger partial charge is 0.507 e. The third-order valence-corrected chi connectivity index (χ3v) is 5.96. The van der Waals surface area contributed by atoms with Gasteiger partial charge in [0.1, 0.15) is 11.5 Å². The lowest BCUT2D eigenvalue weighted by Gasteiger charge is -2.25. The molecule has 1 amide bonds. The number of aromatic amines is 1. The van der Waals surface area contributed by atoms with Crippen LogP contribution < -0.4 is 4.74 Å². The molecule has 1 aliphatic heterocycles. The van der Waals surface area contributed by atoms with Crippen LogP contribution in [0.15, 0.2) is 54.2 Å². The minimum absolute atomic E-state index is 0.00975. The maximum Gasteiger partial charge on any atom is 0.295 e. The van der Waals surface area contributed by atoms with Gasteiger partial charge in [0.05, 0.1) is 36.5 Å². The molecule has 1 unspecified atom stereocenters. The van der Waals surface area contributed by atoms with Crippen molar-refractivity contribution in [2.75, 3.05) is 20.3 Å². The van der Waals surface area contributed by atoms with Crippen LogP contribution in [0.25, 0.3) is 16.7 Å². The Bertz CT molecular complexity index is 1250. The fourth-order valence-electron chi connectivity index (χ4n) is 4.11. The number of Topliss-reactive ketones (excluding diaryl/α,β-unsaturated/α-hetero) is 1. The molecule has 2 N–H and O–H groups in total. The quantitative estimate of drug-likeness (QED) is 0.298. The lowest BCUT2D eigenvalue weighted by atomic mass is 9.95. The van der Waals surface area contributed by atoms with E-state index in [-0.39, 0.29) is 35.6 Å². The van der Waals surface area contributed by atoms with Gasteiger partial charge in [0.15, 0.2) is 0 Å². The predicted octanol–water partition coefficient (Wildman–Crippen LogP) is 4.68. The molecule has 2 aromatic carbocycles. The summed E-state index contributed by atoms with van der Waals surface area (Å²) < 4.78 is 10.8. The van der Waals surface area contributed by atoms with Gasteiger partial charge in [-0.3, -0.25) is 9.59 Å². The van der Waals surface area contributed by atoms with E-state index in [0.29, 0.717) is 11.3 Å². The second-order valence-corrected chi connectivity index (χ2v) is 8.46. The Hall–Kier alpha value is -3.29. The first-order valence-corrected chi connectivity index (χ1v) is 11.0. The number of aromatic nitrogens is 1. The van der Waals surface area contributed by atoms with E-state index in [9.17, 15) is 14.7 Å². The lowest BCUT2D eigenvalue weighted by Crippen LogP contribution is -2.33. The second kappa shape index (κ2) is 9.29. The summed E-state index contributed by atoms with van der Waals surface area (Å²) in [5.41, 5.74) is 1.91. The first kappa shape index (κ1) is 22.9. The van der Waals surface area contributed by atoms with Crippen LogP contribution >= 0.6 is 11.6 Å². The molecule has 1 fully saturated rings. The Labute approximate surface area is 196 Å². The molecule has 1 saturated heterocycles. The van der Waals surface area contributed by atoms with Gasteiger partial charge in [0.25, 0.3) is 11.7 Å². The molecule has 1 atom stereocenters. The fraction of sp³-hybridized carbons (Fsp3) is 0.280. The number of nitrogens with zero attached hydrogens (tertiary/aromatic N) is 1. The number of hydrogen-bond acceptors (Lipinski definition) is 5. The van der Waals surface area contributed by atoms with Crippen LogP contribution in [0, 0.1) is 0 Å². The number of likely N-dealkylation sites (tertiary alicyclic amines) is 1. The molecular weight excluding hydrogens is 444 g/mol. The highest BCUT2D eigenvalue weighted by Gasteiger charge is 2.46. The SMILES string of the molecule is COc1ccc(/C(O)=C2\C(=O)C(=O)N(CCOC(C)C)C2c2c[nH]c3ccccc23)cc1Cl. The Morgan fingerprint density at radius 3 is 2.67 bits per heavy atom. The molecule has 1 aliphatic rings. The highest BCUT2D eigenvalue weighted by molar-refractivity contribution is 6.46. The third-order valence-electron chi connectivity index (χ3n) is 5.66. The Balaban J connectivity index is 1.86. The molecule has 0 aliphatic carbocycles. The number of methoxy groups -OCH3 is 1. The number of nitrogens with one attached hydrogen (secondary N) is 1. The summed E-state index contributed by atoms with van der Waals surface area (Å²) >= 11 is 6.24. The van der Waals surface area contributed by atoms with Crippen LogP contribution in [0.3, 0.4) is 0 Å². The summed E-state index contributed by atoms with van der Waals surface area (Å²) in [6, 6.07) is 11.5. The van der Waals surface area contributed by atoms with Crippen LogP contribution in [-0.4, -0.2) is 53.0 Å². The number of rotatable bonds is 7. The first-order chi connectivity index (χ1) is 15.8. The number of hydrogen-bond donors (Lipinski definition) is 2. The van der Waals surface area contributed by atoms with E-state index in [1.807, 2.05) is 38.1 Å². The van der Waals surface area contributed by atoms with Gasteiger partial charge in [-0.25, -0.2) is 0 Å². The number of ether oxygens (including phenoxy) is 2. The van der Waals surface area contributed by atoms with Gasteiger partial charge in [-0.05, 0) is 38.1 Å². The molecule has 8 heteroatoms. The molecule has 0 saturated carbocycles. The van der Waals surface area contributed by atoms with E-state index in [2.05, 4.69) is 4.98 Å². The molecule has 0 bridgehead atoms.